The first-order valence-electron chi connectivity index (χ1n) is 5.55. The lowest BCUT2D eigenvalue weighted by atomic mass is 10.2. The lowest BCUT2D eigenvalue weighted by molar-refractivity contribution is -0.117. The van der Waals surface area contributed by atoms with Crippen molar-refractivity contribution in [3.8, 4) is 0 Å². The van der Waals surface area contributed by atoms with Gasteiger partial charge in [0, 0.05) is 29.8 Å². The molecular weight excluding hydrogens is 222 g/mol. The topological polar surface area (TPSA) is 38.3 Å². The highest BCUT2D eigenvalue weighted by molar-refractivity contribution is 7.12. The number of ketones is 1. The van der Waals surface area contributed by atoms with Crippen molar-refractivity contribution >= 4 is 17.1 Å². The highest BCUT2D eigenvalue weighted by Gasteiger charge is 2.05. The molecule has 0 atom stereocenters. The van der Waals surface area contributed by atoms with Crippen LogP contribution in [0.4, 0.5) is 0 Å². The molecule has 0 fully saturated rings. The van der Waals surface area contributed by atoms with Crippen LogP contribution in [0.2, 0.25) is 0 Å². The summed E-state index contributed by atoms with van der Waals surface area (Å²) in [6.45, 7) is 3.94. The normalized spacial score (nSPS) is 10.6. The summed E-state index contributed by atoms with van der Waals surface area (Å²) in [5.41, 5.74) is 0. The number of ether oxygens (including phenoxy) is 1. The van der Waals surface area contributed by atoms with Crippen molar-refractivity contribution in [3.63, 3.8) is 0 Å². The second-order valence-corrected chi connectivity index (χ2v) is 4.86. The number of hydrogen-bond donors (Lipinski definition) is 1. The predicted octanol–water partition coefficient (Wildman–Crippen LogP) is 1.66. The Hall–Kier alpha value is -0.710. The van der Waals surface area contributed by atoms with Crippen molar-refractivity contribution in [1.29, 1.82) is 0 Å². The van der Waals surface area contributed by atoms with Gasteiger partial charge >= 0.3 is 0 Å². The van der Waals surface area contributed by atoms with Gasteiger partial charge in [-0.15, -0.1) is 11.3 Å². The minimum absolute atomic E-state index is 0.237. The van der Waals surface area contributed by atoms with E-state index < -0.39 is 0 Å². The van der Waals surface area contributed by atoms with E-state index in [0.29, 0.717) is 19.6 Å². The summed E-state index contributed by atoms with van der Waals surface area (Å²) in [4.78, 5) is 14.1. The monoisotopic (exact) mass is 241 g/mol. The van der Waals surface area contributed by atoms with Crippen LogP contribution in [0.15, 0.2) is 12.1 Å². The van der Waals surface area contributed by atoms with Crippen LogP contribution < -0.4 is 5.32 Å². The van der Waals surface area contributed by atoms with Crippen LogP contribution in [0, 0.1) is 0 Å². The van der Waals surface area contributed by atoms with Crippen LogP contribution in [0.3, 0.4) is 0 Å². The molecule has 16 heavy (non-hydrogen) atoms. The number of thiophene rings is 1. The fourth-order valence-corrected chi connectivity index (χ4v) is 2.35. The van der Waals surface area contributed by atoms with Crippen LogP contribution >= 0.6 is 11.3 Å². The molecule has 0 aromatic carbocycles. The van der Waals surface area contributed by atoms with E-state index >= 15 is 0 Å². The smallest absolute Gasteiger partial charge is 0.151 e. The molecule has 1 heterocycles. The van der Waals surface area contributed by atoms with Gasteiger partial charge in [0.2, 0.25) is 0 Å². The van der Waals surface area contributed by atoms with Crippen LogP contribution in [-0.4, -0.2) is 32.6 Å². The van der Waals surface area contributed by atoms with Crippen molar-refractivity contribution in [3.05, 3.63) is 21.9 Å². The van der Waals surface area contributed by atoms with Gasteiger partial charge in [-0.1, -0.05) is 6.92 Å². The second-order valence-electron chi connectivity index (χ2n) is 3.61. The van der Waals surface area contributed by atoms with E-state index in [4.69, 9.17) is 4.74 Å². The first kappa shape index (κ1) is 13.4. The summed E-state index contributed by atoms with van der Waals surface area (Å²) in [5, 5.41) is 3.06. The van der Waals surface area contributed by atoms with Gasteiger partial charge in [0.1, 0.15) is 0 Å². The Morgan fingerprint density at radius 2 is 2.19 bits per heavy atom. The number of nitrogens with one attached hydrogen (secondary N) is 1. The average Bonchev–Trinajstić information content (AvgIpc) is 2.72. The first-order chi connectivity index (χ1) is 7.76. The highest BCUT2D eigenvalue weighted by Crippen LogP contribution is 2.17. The first-order valence-corrected chi connectivity index (χ1v) is 6.36. The molecule has 0 aliphatic heterocycles. The largest absolute Gasteiger partial charge is 0.383 e. The maximum absolute atomic E-state index is 11.6. The van der Waals surface area contributed by atoms with Gasteiger partial charge in [-0.05, 0) is 18.6 Å². The molecule has 1 aromatic rings. The third kappa shape index (κ3) is 4.88. The van der Waals surface area contributed by atoms with E-state index in [0.717, 1.165) is 17.8 Å². The van der Waals surface area contributed by atoms with Gasteiger partial charge in [-0.3, -0.25) is 4.79 Å². The summed E-state index contributed by atoms with van der Waals surface area (Å²) in [6.07, 6.45) is 1.59. The number of rotatable bonds is 8. The molecule has 0 spiro atoms. The Kier molecular flexibility index (Phi) is 6.30. The van der Waals surface area contributed by atoms with Crippen LogP contribution in [0.5, 0.6) is 0 Å². The molecule has 0 aliphatic rings. The molecule has 0 amide bonds. The van der Waals surface area contributed by atoms with Gasteiger partial charge in [0.15, 0.2) is 5.78 Å². The number of methoxy groups -OCH3 is 1. The Labute approximate surface area is 101 Å². The zero-order valence-electron chi connectivity index (χ0n) is 9.91. The van der Waals surface area contributed by atoms with E-state index in [9.17, 15) is 4.79 Å². The SMILES string of the molecule is CCc1ccc(CC(=O)CNCCOC)s1. The minimum Gasteiger partial charge on any atom is -0.383 e. The number of carbonyl (C=O) groups is 1. The van der Waals surface area contributed by atoms with Crippen LogP contribution in [0.1, 0.15) is 16.7 Å². The van der Waals surface area contributed by atoms with Crippen molar-refractivity contribution < 1.29 is 9.53 Å². The quantitative estimate of drug-likeness (QED) is 0.703. The molecule has 3 nitrogen and oxygen atoms in total. The summed E-state index contributed by atoms with van der Waals surface area (Å²) in [6, 6.07) is 4.15. The van der Waals surface area contributed by atoms with Crippen molar-refractivity contribution in [2.45, 2.75) is 19.8 Å². The molecular formula is C12H19NO2S. The Morgan fingerprint density at radius 1 is 1.44 bits per heavy atom. The highest BCUT2D eigenvalue weighted by atomic mass is 32.1. The van der Waals surface area contributed by atoms with Gasteiger partial charge in [0.25, 0.3) is 0 Å². The molecule has 1 aromatic heterocycles. The average molecular weight is 241 g/mol. The molecule has 1 rings (SSSR count). The molecule has 0 saturated carbocycles. The van der Waals surface area contributed by atoms with E-state index in [-0.39, 0.29) is 5.78 Å². The Morgan fingerprint density at radius 3 is 2.81 bits per heavy atom. The van der Waals surface area contributed by atoms with E-state index in [1.165, 1.54) is 4.88 Å². The molecule has 4 heteroatoms. The number of hydrogen-bond acceptors (Lipinski definition) is 4. The van der Waals surface area contributed by atoms with Gasteiger partial charge in [-0.2, -0.15) is 0 Å². The van der Waals surface area contributed by atoms with Gasteiger partial charge in [0.05, 0.1) is 13.2 Å². The van der Waals surface area contributed by atoms with Crippen LogP contribution in [-0.2, 0) is 22.4 Å². The Bertz CT molecular complexity index is 323. The molecule has 90 valence electrons. The maximum Gasteiger partial charge on any atom is 0.151 e. The van der Waals surface area contributed by atoms with Crippen molar-refractivity contribution in [2.24, 2.45) is 0 Å². The zero-order valence-corrected chi connectivity index (χ0v) is 10.7. The molecule has 0 bridgehead atoms. The Balaban J connectivity index is 2.23. The second kappa shape index (κ2) is 7.54. The molecule has 1 N–H and O–H groups in total. The summed E-state index contributed by atoms with van der Waals surface area (Å²) < 4.78 is 4.89. The third-order valence-corrected chi connectivity index (χ3v) is 3.47. The van der Waals surface area contributed by atoms with E-state index in [2.05, 4.69) is 24.4 Å². The predicted molar refractivity (Wildman–Crippen MR) is 67.2 cm³/mol. The molecule has 0 saturated heterocycles. The number of Topliss-reactive ketones (excluding diaryl/α,β-unsaturated/α-hetero) is 1. The zero-order chi connectivity index (χ0) is 11.8. The van der Waals surface area contributed by atoms with E-state index in [1.54, 1.807) is 18.4 Å². The minimum atomic E-state index is 0.237. The van der Waals surface area contributed by atoms with Crippen molar-refractivity contribution in [2.75, 3.05) is 26.8 Å². The van der Waals surface area contributed by atoms with Crippen LogP contribution in [0.25, 0.3) is 0 Å². The molecule has 0 radical (unpaired) electrons. The maximum atomic E-state index is 11.6. The fraction of sp³-hybridized carbons (Fsp3) is 0.583. The summed E-state index contributed by atoms with van der Waals surface area (Å²) >= 11 is 1.73. The van der Waals surface area contributed by atoms with Gasteiger partial charge < -0.3 is 10.1 Å². The molecule has 0 unspecified atom stereocenters. The summed E-state index contributed by atoms with van der Waals surface area (Å²) in [7, 11) is 1.65. The fourth-order valence-electron chi connectivity index (χ4n) is 1.37. The number of aryl methyl sites for hydroxylation is 1. The van der Waals surface area contributed by atoms with E-state index in [1.807, 2.05) is 0 Å². The number of carbonyl (C=O) groups excluding carboxylic acids is 1. The lowest BCUT2D eigenvalue weighted by Gasteiger charge is -2.02. The third-order valence-electron chi connectivity index (χ3n) is 2.24. The molecule has 0 aliphatic carbocycles. The standard InChI is InChI=1S/C12H19NO2S/c1-3-11-4-5-12(16-11)8-10(14)9-13-6-7-15-2/h4-5,13H,3,6-9H2,1-2H3. The van der Waals surface area contributed by atoms with Gasteiger partial charge in [-0.25, -0.2) is 0 Å². The lowest BCUT2D eigenvalue weighted by Crippen LogP contribution is -2.27. The van der Waals surface area contributed by atoms with Crippen molar-refractivity contribution in [1.82, 2.24) is 5.32 Å². The summed E-state index contributed by atoms with van der Waals surface area (Å²) in [5.74, 6) is 0.237.